The number of ether oxygens (including phenoxy) is 3. The molecule has 0 fully saturated rings. The van der Waals surface area contributed by atoms with Crippen molar-refractivity contribution in [3.63, 3.8) is 0 Å². The molecule has 7 heteroatoms. The third-order valence-corrected chi connectivity index (χ3v) is 4.33. The van der Waals surface area contributed by atoms with Gasteiger partial charge >= 0.3 is 0 Å². The first-order valence-electron chi connectivity index (χ1n) is 10.7. The van der Waals surface area contributed by atoms with Gasteiger partial charge < -0.3 is 29.7 Å². The van der Waals surface area contributed by atoms with Gasteiger partial charge in [-0.15, -0.1) is 0 Å². The third-order valence-electron chi connectivity index (χ3n) is 4.33. The topological polar surface area (TPSA) is 67.4 Å². The van der Waals surface area contributed by atoms with E-state index in [1.54, 1.807) is 7.11 Å². The molecule has 0 spiro atoms. The largest absolute Gasteiger partial charge is 0.493 e. The average Bonchev–Trinajstić information content (AvgIpc) is 2.76. The fourth-order valence-electron chi connectivity index (χ4n) is 2.75. The van der Waals surface area contributed by atoms with Crippen molar-refractivity contribution in [3.05, 3.63) is 54.1 Å². The second-order valence-corrected chi connectivity index (χ2v) is 7.34. The highest BCUT2D eigenvalue weighted by molar-refractivity contribution is 5.93. The number of rotatable bonds is 13. The maximum absolute atomic E-state index is 5.82. The summed E-state index contributed by atoms with van der Waals surface area (Å²) < 4.78 is 16.7. The molecule has 0 aliphatic heterocycles. The van der Waals surface area contributed by atoms with Crippen LogP contribution in [0.5, 0.6) is 11.5 Å². The summed E-state index contributed by atoms with van der Waals surface area (Å²) >= 11 is 0. The summed E-state index contributed by atoms with van der Waals surface area (Å²) in [5.74, 6) is 2.41. The van der Waals surface area contributed by atoms with Crippen LogP contribution in [0.15, 0.2) is 53.5 Å². The zero-order valence-electron chi connectivity index (χ0n) is 19.2. The monoisotopic (exact) mass is 428 g/mol. The first-order valence-corrected chi connectivity index (χ1v) is 10.7. The Morgan fingerprint density at radius 1 is 0.968 bits per heavy atom. The number of aliphatic imine (C=N–C) groups is 1. The van der Waals surface area contributed by atoms with Gasteiger partial charge in [0.05, 0.1) is 13.2 Å². The van der Waals surface area contributed by atoms with Crippen LogP contribution in [-0.2, 0) is 11.3 Å². The number of nitrogens with zero attached hydrogens (tertiary/aromatic N) is 2. The van der Waals surface area contributed by atoms with Crippen molar-refractivity contribution in [2.75, 3.05) is 59.4 Å². The lowest BCUT2D eigenvalue weighted by atomic mass is 10.2. The summed E-state index contributed by atoms with van der Waals surface area (Å²) in [5.41, 5.74) is 2.01. The molecule has 170 valence electrons. The van der Waals surface area contributed by atoms with E-state index in [9.17, 15) is 0 Å². The Bertz CT molecular complexity index is 796. The lowest BCUT2D eigenvalue weighted by Crippen LogP contribution is -2.30. The van der Waals surface area contributed by atoms with E-state index >= 15 is 0 Å². The van der Waals surface area contributed by atoms with Gasteiger partial charge in [-0.1, -0.05) is 18.2 Å². The van der Waals surface area contributed by atoms with E-state index in [1.807, 2.05) is 63.5 Å². The van der Waals surface area contributed by atoms with E-state index in [4.69, 9.17) is 19.2 Å². The second-order valence-electron chi connectivity index (χ2n) is 7.34. The summed E-state index contributed by atoms with van der Waals surface area (Å²) in [6.07, 6.45) is 0.857. The van der Waals surface area contributed by atoms with Crippen molar-refractivity contribution in [1.29, 1.82) is 0 Å². The molecule has 0 aliphatic carbocycles. The minimum atomic E-state index is 0.549. The van der Waals surface area contributed by atoms with Crippen LogP contribution in [0.25, 0.3) is 0 Å². The van der Waals surface area contributed by atoms with Gasteiger partial charge in [-0.2, -0.15) is 0 Å². The van der Waals surface area contributed by atoms with Gasteiger partial charge in [0.1, 0.15) is 18.1 Å². The SMILES string of the molecule is CCNC(=NCc1cccc(OCCN(C)C)c1)Nc1cccc(OCCCOC)c1. The van der Waals surface area contributed by atoms with Crippen molar-refractivity contribution in [2.24, 2.45) is 4.99 Å². The van der Waals surface area contributed by atoms with E-state index in [0.29, 0.717) is 26.4 Å². The first-order chi connectivity index (χ1) is 15.1. The molecule has 2 aromatic carbocycles. The first kappa shape index (κ1) is 24.5. The number of benzene rings is 2. The molecule has 7 nitrogen and oxygen atoms in total. The molecule has 0 aromatic heterocycles. The summed E-state index contributed by atoms with van der Waals surface area (Å²) in [6, 6.07) is 15.9. The highest BCUT2D eigenvalue weighted by Gasteiger charge is 2.03. The standard InChI is InChI=1S/C24H36N4O3/c1-5-25-24(27-21-10-7-12-23(18-21)30-15-8-14-29-4)26-19-20-9-6-11-22(17-20)31-16-13-28(2)3/h6-7,9-12,17-18H,5,8,13-16,19H2,1-4H3,(H2,25,26,27). The van der Waals surface area contributed by atoms with Crippen LogP contribution in [0, 0.1) is 0 Å². The maximum atomic E-state index is 5.82. The second kappa shape index (κ2) is 14.3. The molecule has 0 unspecified atom stereocenters. The maximum Gasteiger partial charge on any atom is 0.196 e. The lowest BCUT2D eigenvalue weighted by Gasteiger charge is -2.13. The zero-order valence-corrected chi connectivity index (χ0v) is 19.2. The molecule has 0 amide bonds. The molecular formula is C24H36N4O3. The molecule has 0 aliphatic rings. The number of likely N-dealkylation sites (N-methyl/N-ethyl adjacent to an activating group) is 1. The predicted octanol–water partition coefficient (Wildman–Crippen LogP) is 3.62. The van der Waals surface area contributed by atoms with E-state index in [2.05, 4.69) is 21.6 Å². The van der Waals surface area contributed by atoms with Crippen LogP contribution in [0.3, 0.4) is 0 Å². The predicted molar refractivity (Wildman–Crippen MR) is 127 cm³/mol. The Labute approximate surface area is 186 Å². The number of guanidine groups is 1. The molecule has 0 bridgehead atoms. The van der Waals surface area contributed by atoms with Crippen molar-refractivity contribution in [3.8, 4) is 11.5 Å². The number of nitrogens with one attached hydrogen (secondary N) is 2. The Morgan fingerprint density at radius 3 is 2.45 bits per heavy atom. The molecule has 31 heavy (non-hydrogen) atoms. The van der Waals surface area contributed by atoms with Gasteiger partial charge in [-0.3, -0.25) is 0 Å². The van der Waals surface area contributed by atoms with Gasteiger partial charge in [0.25, 0.3) is 0 Å². The van der Waals surface area contributed by atoms with Crippen molar-refractivity contribution in [2.45, 2.75) is 19.9 Å². The lowest BCUT2D eigenvalue weighted by molar-refractivity contribution is 0.172. The van der Waals surface area contributed by atoms with Crippen LogP contribution >= 0.6 is 0 Å². The minimum Gasteiger partial charge on any atom is -0.493 e. The van der Waals surface area contributed by atoms with E-state index in [-0.39, 0.29) is 0 Å². The molecule has 0 heterocycles. The molecule has 2 N–H and O–H groups in total. The van der Waals surface area contributed by atoms with Crippen molar-refractivity contribution < 1.29 is 14.2 Å². The van der Waals surface area contributed by atoms with E-state index < -0.39 is 0 Å². The fraction of sp³-hybridized carbons (Fsp3) is 0.458. The molecular weight excluding hydrogens is 392 g/mol. The van der Waals surface area contributed by atoms with Gasteiger partial charge in [-0.25, -0.2) is 4.99 Å². The number of hydrogen-bond acceptors (Lipinski definition) is 5. The molecule has 0 saturated carbocycles. The van der Waals surface area contributed by atoms with E-state index in [1.165, 1.54) is 0 Å². The summed E-state index contributed by atoms with van der Waals surface area (Å²) in [6.45, 7) is 6.22. The third kappa shape index (κ3) is 10.2. The van der Waals surface area contributed by atoms with Crippen LogP contribution in [0.1, 0.15) is 18.9 Å². The highest BCUT2D eigenvalue weighted by atomic mass is 16.5. The Morgan fingerprint density at radius 2 is 1.71 bits per heavy atom. The minimum absolute atomic E-state index is 0.549. The fourth-order valence-corrected chi connectivity index (χ4v) is 2.75. The zero-order chi connectivity index (χ0) is 22.3. The van der Waals surface area contributed by atoms with Crippen molar-refractivity contribution in [1.82, 2.24) is 10.2 Å². The normalized spacial score (nSPS) is 11.5. The summed E-state index contributed by atoms with van der Waals surface area (Å²) in [7, 11) is 5.76. The Kier molecular flexibility index (Phi) is 11.3. The number of anilines is 1. The quantitative estimate of drug-likeness (QED) is 0.289. The molecule has 0 atom stereocenters. The van der Waals surface area contributed by atoms with Gasteiger partial charge in [0, 0.05) is 45.0 Å². The summed E-state index contributed by atoms with van der Waals surface area (Å²) in [4.78, 5) is 6.82. The number of hydrogen-bond donors (Lipinski definition) is 2. The molecule has 2 aromatic rings. The summed E-state index contributed by atoms with van der Waals surface area (Å²) in [5, 5.41) is 6.64. The van der Waals surface area contributed by atoms with E-state index in [0.717, 1.165) is 48.2 Å². The van der Waals surface area contributed by atoms with Crippen LogP contribution in [-0.4, -0.2) is 65.0 Å². The van der Waals surface area contributed by atoms with Crippen molar-refractivity contribution >= 4 is 11.6 Å². The number of methoxy groups -OCH3 is 1. The average molecular weight is 429 g/mol. The molecule has 2 rings (SSSR count). The highest BCUT2D eigenvalue weighted by Crippen LogP contribution is 2.18. The van der Waals surface area contributed by atoms with Crippen LogP contribution < -0.4 is 20.1 Å². The van der Waals surface area contributed by atoms with Gasteiger partial charge in [-0.05, 0) is 50.8 Å². The van der Waals surface area contributed by atoms with Gasteiger partial charge in [0.2, 0.25) is 0 Å². The Hall–Kier alpha value is -2.77. The van der Waals surface area contributed by atoms with Crippen LogP contribution in [0.4, 0.5) is 5.69 Å². The van der Waals surface area contributed by atoms with Gasteiger partial charge in [0.15, 0.2) is 5.96 Å². The smallest absolute Gasteiger partial charge is 0.196 e. The Balaban J connectivity index is 1.96. The molecule has 0 radical (unpaired) electrons. The van der Waals surface area contributed by atoms with Crippen LogP contribution in [0.2, 0.25) is 0 Å². The molecule has 0 saturated heterocycles.